The number of primary amides is 1. The Hall–Kier alpha value is -1.93. The van der Waals surface area contributed by atoms with Crippen LogP contribution in [0.2, 0.25) is 0 Å². The van der Waals surface area contributed by atoms with Gasteiger partial charge in [0.15, 0.2) is 0 Å². The van der Waals surface area contributed by atoms with Crippen molar-refractivity contribution in [2.45, 2.75) is 30.6 Å². The van der Waals surface area contributed by atoms with E-state index >= 15 is 0 Å². The number of amides is 1. The summed E-state index contributed by atoms with van der Waals surface area (Å²) >= 11 is 0. The van der Waals surface area contributed by atoms with E-state index in [1.165, 1.54) is 18.2 Å². The average Bonchev–Trinajstić information content (AvgIpc) is 2.53. The van der Waals surface area contributed by atoms with Crippen molar-refractivity contribution in [3.8, 4) is 0 Å². The second-order valence-electron chi connectivity index (χ2n) is 5.80. The second-order valence-corrected chi connectivity index (χ2v) is 7.57. The highest BCUT2D eigenvalue weighted by Gasteiger charge is 2.26. The van der Waals surface area contributed by atoms with Crippen LogP contribution in [0.15, 0.2) is 29.2 Å². The zero-order valence-corrected chi connectivity index (χ0v) is 13.4. The van der Waals surface area contributed by atoms with Gasteiger partial charge in [0.05, 0.1) is 10.5 Å². The molecule has 1 fully saturated rings. The molecular formula is C15H20N2O5S. The van der Waals surface area contributed by atoms with E-state index in [1.54, 1.807) is 0 Å². The normalized spacial score (nSPS) is 21.7. The van der Waals surface area contributed by atoms with Crippen molar-refractivity contribution in [2.24, 2.45) is 17.6 Å². The molecule has 1 amide bonds. The Bertz CT molecular complexity index is 694. The standard InChI is InChI=1S/C15H20N2O5S/c16-14(18)11-6-4-10(5-7-11)9-17-23(21,22)13-3-1-2-12(8-13)15(19)20/h1-3,8,10-11,17H,4-7,9H2,(H2,16,18)(H,19,20). The first-order chi connectivity index (χ1) is 10.8. The fraction of sp³-hybridized carbons (Fsp3) is 0.467. The molecule has 1 saturated carbocycles. The van der Waals surface area contributed by atoms with Crippen molar-refractivity contribution < 1.29 is 23.1 Å². The van der Waals surface area contributed by atoms with E-state index in [-0.39, 0.29) is 34.7 Å². The minimum Gasteiger partial charge on any atom is -0.478 e. The van der Waals surface area contributed by atoms with E-state index < -0.39 is 16.0 Å². The Morgan fingerprint density at radius 1 is 1.22 bits per heavy atom. The van der Waals surface area contributed by atoms with Crippen molar-refractivity contribution in [3.63, 3.8) is 0 Å². The van der Waals surface area contributed by atoms with Crippen LogP contribution in [0, 0.1) is 11.8 Å². The molecule has 1 aliphatic rings. The first-order valence-electron chi connectivity index (χ1n) is 7.42. The van der Waals surface area contributed by atoms with Crippen LogP contribution in [0.4, 0.5) is 0 Å². The second kappa shape index (κ2) is 7.10. The summed E-state index contributed by atoms with van der Waals surface area (Å²) in [6.07, 6.45) is 2.84. The van der Waals surface area contributed by atoms with E-state index in [9.17, 15) is 18.0 Å². The number of hydrogen-bond acceptors (Lipinski definition) is 4. The number of nitrogens with two attached hydrogens (primary N) is 1. The molecule has 23 heavy (non-hydrogen) atoms. The van der Waals surface area contributed by atoms with Gasteiger partial charge in [-0.1, -0.05) is 6.07 Å². The molecule has 1 aromatic carbocycles. The fourth-order valence-corrected chi connectivity index (χ4v) is 3.92. The van der Waals surface area contributed by atoms with Gasteiger partial charge in [0.1, 0.15) is 0 Å². The minimum absolute atomic E-state index is 0.0665. The lowest BCUT2D eigenvalue weighted by molar-refractivity contribution is -0.122. The summed E-state index contributed by atoms with van der Waals surface area (Å²) in [5, 5.41) is 8.93. The summed E-state index contributed by atoms with van der Waals surface area (Å²) in [6.45, 7) is 0.269. The monoisotopic (exact) mass is 340 g/mol. The van der Waals surface area contributed by atoms with Gasteiger partial charge in [-0.25, -0.2) is 17.9 Å². The van der Waals surface area contributed by atoms with Gasteiger partial charge in [-0.15, -0.1) is 0 Å². The molecule has 0 aromatic heterocycles. The van der Waals surface area contributed by atoms with Gasteiger partial charge in [0, 0.05) is 12.5 Å². The zero-order valence-electron chi connectivity index (χ0n) is 12.6. The molecule has 0 bridgehead atoms. The molecule has 0 aliphatic heterocycles. The van der Waals surface area contributed by atoms with Crippen molar-refractivity contribution in [1.29, 1.82) is 0 Å². The maximum absolute atomic E-state index is 12.2. The molecule has 2 rings (SSSR count). The summed E-state index contributed by atoms with van der Waals surface area (Å²) in [4.78, 5) is 22.0. The largest absolute Gasteiger partial charge is 0.478 e. The molecule has 7 nitrogen and oxygen atoms in total. The maximum atomic E-state index is 12.2. The van der Waals surface area contributed by atoms with Crippen molar-refractivity contribution >= 4 is 21.9 Å². The Morgan fingerprint density at radius 2 is 1.87 bits per heavy atom. The molecular weight excluding hydrogens is 320 g/mol. The van der Waals surface area contributed by atoms with Gasteiger partial charge in [0.25, 0.3) is 0 Å². The summed E-state index contributed by atoms with van der Waals surface area (Å²) in [5.41, 5.74) is 5.20. The number of nitrogens with one attached hydrogen (secondary N) is 1. The van der Waals surface area contributed by atoms with Crippen LogP contribution in [0.25, 0.3) is 0 Å². The molecule has 0 radical (unpaired) electrons. The van der Waals surface area contributed by atoms with Crippen molar-refractivity contribution in [2.75, 3.05) is 6.54 Å². The quantitative estimate of drug-likeness (QED) is 0.711. The van der Waals surface area contributed by atoms with E-state index in [0.29, 0.717) is 12.8 Å². The topological polar surface area (TPSA) is 127 Å². The lowest BCUT2D eigenvalue weighted by atomic mass is 9.82. The summed E-state index contributed by atoms with van der Waals surface area (Å²) < 4.78 is 27.0. The third-order valence-corrected chi connectivity index (χ3v) is 5.62. The van der Waals surface area contributed by atoms with Gasteiger partial charge in [-0.3, -0.25) is 4.79 Å². The van der Waals surface area contributed by atoms with Crippen LogP contribution < -0.4 is 10.5 Å². The van der Waals surface area contributed by atoms with Crippen LogP contribution in [-0.4, -0.2) is 31.9 Å². The van der Waals surface area contributed by atoms with Crippen LogP contribution in [0.3, 0.4) is 0 Å². The Kier molecular flexibility index (Phi) is 5.38. The molecule has 0 spiro atoms. The van der Waals surface area contributed by atoms with Crippen molar-refractivity contribution in [1.82, 2.24) is 4.72 Å². The van der Waals surface area contributed by atoms with Crippen LogP contribution in [-0.2, 0) is 14.8 Å². The molecule has 126 valence electrons. The van der Waals surface area contributed by atoms with Gasteiger partial charge < -0.3 is 10.8 Å². The third-order valence-electron chi connectivity index (χ3n) is 4.20. The Balaban J connectivity index is 1.96. The van der Waals surface area contributed by atoms with Crippen LogP contribution in [0.1, 0.15) is 36.0 Å². The van der Waals surface area contributed by atoms with Crippen LogP contribution >= 0.6 is 0 Å². The number of carboxylic acid groups (broad SMARTS) is 1. The number of aromatic carboxylic acids is 1. The predicted octanol–water partition coefficient (Wildman–Crippen LogP) is 0.955. The first kappa shape index (κ1) is 17.4. The predicted molar refractivity (Wildman–Crippen MR) is 83.2 cm³/mol. The molecule has 0 atom stereocenters. The highest BCUT2D eigenvalue weighted by atomic mass is 32.2. The third kappa shape index (κ3) is 4.52. The minimum atomic E-state index is -3.75. The van der Waals surface area contributed by atoms with Gasteiger partial charge in [-0.2, -0.15) is 0 Å². The summed E-state index contributed by atoms with van der Waals surface area (Å²) in [5.74, 6) is -1.43. The average molecular weight is 340 g/mol. The maximum Gasteiger partial charge on any atom is 0.335 e. The lowest BCUT2D eigenvalue weighted by Crippen LogP contribution is -2.34. The van der Waals surface area contributed by atoms with Gasteiger partial charge in [-0.05, 0) is 49.8 Å². The molecule has 1 aromatic rings. The van der Waals surface area contributed by atoms with E-state index in [4.69, 9.17) is 10.8 Å². The molecule has 0 heterocycles. The SMILES string of the molecule is NC(=O)C1CCC(CNS(=O)(=O)c2cccc(C(=O)O)c2)CC1. The number of carbonyl (C=O) groups is 2. The van der Waals surface area contributed by atoms with E-state index in [2.05, 4.69) is 4.72 Å². The molecule has 0 unspecified atom stereocenters. The molecule has 4 N–H and O–H groups in total. The molecule has 8 heteroatoms. The number of carbonyl (C=O) groups excluding carboxylic acids is 1. The summed E-state index contributed by atoms with van der Waals surface area (Å²) in [6, 6.07) is 5.23. The highest BCUT2D eigenvalue weighted by Crippen LogP contribution is 2.28. The van der Waals surface area contributed by atoms with E-state index in [1.807, 2.05) is 0 Å². The van der Waals surface area contributed by atoms with E-state index in [0.717, 1.165) is 18.9 Å². The molecule has 1 aliphatic carbocycles. The first-order valence-corrected chi connectivity index (χ1v) is 8.90. The highest BCUT2D eigenvalue weighted by molar-refractivity contribution is 7.89. The smallest absolute Gasteiger partial charge is 0.335 e. The lowest BCUT2D eigenvalue weighted by Gasteiger charge is -2.26. The Morgan fingerprint density at radius 3 is 2.43 bits per heavy atom. The Labute approximate surface area is 134 Å². The fourth-order valence-electron chi connectivity index (χ4n) is 2.76. The number of sulfonamides is 1. The number of hydrogen-bond donors (Lipinski definition) is 3. The van der Waals surface area contributed by atoms with Crippen LogP contribution in [0.5, 0.6) is 0 Å². The number of carboxylic acids is 1. The van der Waals surface area contributed by atoms with Gasteiger partial charge >= 0.3 is 5.97 Å². The molecule has 0 saturated heterocycles. The zero-order chi connectivity index (χ0) is 17.0. The number of benzene rings is 1. The van der Waals surface area contributed by atoms with Gasteiger partial charge in [0.2, 0.25) is 15.9 Å². The number of rotatable bonds is 6. The summed E-state index contributed by atoms with van der Waals surface area (Å²) in [7, 11) is -3.75. The van der Waals surface area contributed by atoms with Crippen molar-refractivity contribution in [3.05, 3.63) is 29.8 Å².